The van der Waals surface area contributed by atoms with Crippen LogP contribution in [0.15, 0.2) is 36.5 Å². The van der Waals surface area contributed by atoms with Gasteiger partial charge >= 0.3 is 5.97 Å². The molecule has 1 heterocycles. The first-order valence-corrected chi connectivity index (χ1v) is 6.37. The summed E-state index contributed by atoms with van der Waals surface area (Å²) in [4.78, 5) is 22.4. The van der Waals surface area contributed by atoms with Crippen molar-refractivity contribution in [2.24, 2.45) is 0 Å². The third-order valence-electron chi connectivity index (χ3n) is 2.64. The zero-order valence-corrected chi connectivity index (χ0v) is 11.4. The minimum atomic E-state index is -1.09. The lowest BCUT2D eigenvalue weighted by Crippen LogP contribution is -2.18. The molecule has 7 nitrogen and oxygen atoms in total. The first-order chi connectivity index (χ1) is 10.1. The lowest BCUT2D eigenvalue weighted by molar-refractivity contribution is -0.120. The quantitative estimate of drug-likeness (QED) is 0.841. The van der Waals surface area contributed by atoms with Crippen molar-refractivity contribution < 1.29 is 19.4 Å². The third-order valence-corrected chi connectivity index (χ3v) is 2.64. The Bertz CT molecular complexity index is 651. The second-order valence-corrected chi connectivity index (χ2v) is 4.19. The molecule has 21 heavy (non-hydrogen) atoms. The topological polar surface area (TPSA) is 93.5 Å². The lowest BCUT2D eigenvalue weighted by Gasteiger charge is -2.07. The summed E-state index contributed by atoms with van der Waals surface area (Å²) in [5.41, 5.74) is 1.20. The summed E-state index contributed by atoms with van der Waals surface area (Å²) in [5.74, 6) is -1.34. The van der Waals surface area contributed by atoms with Crippen LogP contribution in [0.1, 0.15) is 17.4 Å². The van der Waals surface area contributed by atoms with Gasteiger partial charge in [0.2, 0.25) is 5.91 Å². The number of amides is 1. The van der Waals surface area contributed by atoms with Crippen LogP contribution in [0.5, 0.6) is 0 Å². The minimum Gasteiger partial charge on any atom is -0.476 e. The van der Waals surface area contributed by atoms with Crippen molar-refractivity contribution in [2.45, 2.75) is 6.92 Å². The maximum Gasteiger partial charge on any atom is 0.356 e. The Morgan fingerprint density at radius 1 is 1.38 bits per heavy atom. The number of carbonyl (C=O) groups is 2. The van der Waals surface area contributed by atoms with Gasteiger partial charge < -0.3 is 15.2 Å². The number of carboxylic acids is 1. The first kappa shape index (κ1) is 14.7. The van der Waals surface area contributed by atoms with Gasteiger partial charge in [-0.3, -0.25) is 4.79 Å². The lowest BCUT2D eigenvalue weighted by atomic mass is 10.3. The highest BCUT2D eigenvalue weighted by Gasteiger charge is 2.08. The number of carbonyl (C=O) groups excluding carboxylic acids is 1. The van der Waals surface area contributed by atoms with E-state index in [0.717, 1.165) is 0 Å². The normalized spacial score (nSPS) is 10.3. The van der Waals surface area contributed by atoms with Crippen LogP contribution in [0.3, 0.4) is 0 Å². The zero-order chi connectivity index (χ0) is 15.2. The molecule has 7 heteroatoms. The van der Waals surface area contributed by atoms with Crippen LogP contribution in [-0.2, 0) is 9.53 Å². The summed E-state index contributed by atoms with van der Waals surface area (Å²) in [6.45, 7) is 2.27. The minimum absolute atomic E-state index is 0.00827. The molecule has 0 saturated heterocycles. The number of benzene rings is 1. The molecular formula is C14H15N3O4. The van der Waals surface area contributed by atoms with E-state index in [1.165, 1.54) is 10.7 Å². The van der Waals surface area contributed by atoms with Crippen LogP contribution in [0.2, 0.25) is 0 Å². The molecule has 2 aromatic rings. The summed E-state index contributed by atoms with van der Waals surface area (Å²) < 4.78 is 6.45. The molecule has 0 saturated carbocycles. The van der Waals surface area contributed by atoms with Crippen molar-refractivity contribution in [1.29, 1.82) is 0 Å². The maximum absolute atomic E-state index is 11.6. The summed E-state index contributed by atoms with van der Waals surface area (Å²) in [6, 6.07) is 8.34. The van der Waals surface area contributed by atoms with Crippen molar-refractivity contribution in [3.8, 4) is 5.69 Å². The largest absolute Gasteiger partial charge is 0.476 e. The number of nitrogens with one attached hydrogen (secondary N) is 1. The monoisotopic (exact) mass is 289 g/mol. The number of rotatable bonds is 6. The van der Waals surface area contributed by atoms with E-state index in [-0.39, 0.29) is 18.2 Å². The highest BCUT2D eigenvalue weighted by molar-refractivity contribution is 5.92. The van der Waals surface area contributed by atoms with Crippen LogP contribution in [-0.4, -0.2) is 40.0 Å². The summed E-state index contributed by atoms with van der Waals surface area (Å²) in [6.07, 6.45) is 1.55. The van der Waals surface area contributed by atoms with Crippen molar-refractivity contribution in [1.82, 2.24) is 9.78 Å². The van der Waals surface area contributed by atoms with Crippen LogP contribution in [0.4, 0.5) is 5.69 Å². The van der Waals surface area contributed by atoms with Gasteiger partial charge in [-0.1, -0.05) is 6.07 Å². The number of hydrogen-bond donors (Lipinski definition) is 2. The smallest absolute Gasteiger partial charge is 0.356 e. The molecule has 0 bridgehead atoms. The number of hydrogen-bond acceptors (Lipinski definition) is 4. The van der Waals surface area contributed by atoms with Crippen LogP contribution in [0.25, 0.3) is 5.69 Å². The van der Waals surface area contributed by atoms with Crippen molar-refractivity contribution in [3.63, 3.8) is 0 Å². The zero-order valence-electron chi connectivity index (χ0n) is 11.4. The van der Waals surface area contributed by atoms with E-state index in [9.17, 15) is 9.59 Å². The van der Waals surface area contributed by atoms with Gasteiger partial charge in [-0.05, 0) is 31.2 Å². The Kier molecular flexibility index (Phi) is 4.68. The Hall–Kier alpha value is -2.67. The number of aromatic carboxylic acids is 1. The fourth-order valence-electron chi connectivity index (χ4n) is 1.70. The van der Waals surface area contributed by atoms with Crippen LogP contribution in [0, 0.1) is 0 Å². The molecule has 0 aliphatic heterocycles. The van der Waals surface area contributed by atoms with Gasteiger partial charge in [-0.2, -0.15) is 5.10 Å². The average Bonchev–Trinajstić information content (AvgIpc) is 2.95. The molecule has 1 aromatic carbocycles. The maximum atomic E-state index is 11.6. The molecule has 0 atom stereocenters. The van der Waals surface area contributed by atoms with Gasteiger partial charge in [0.25, 0.3) is 0 Å². The second-order valence-electron chi connectivity index (χ2n) is 4.19. The van der Waals surface area contributed by atoms with Crippen molar-refractivity contribution in [3.05, 3.63) is 42.2 Å². The number of aromatic nitrogens is 2. The predicted octanol–water partition coefficient (Wildman–Crippen LogP) is 1.55. The third kappa shape index (κ3) is 3.90. The Morgan fingerprint density at radius 2 is 2.19 bits per heavy atom. The fourth-order valence-corrected chi connectivity index (χ4v) is 1.70. The number of nitrogens with zero attached hydrogens (tertiary/aromatic N) is 2. The van der Waals surface area contributed by atoms with Crippen molar-refractivity contribution in [2.75, 3.05) is 18.5 Å². The number of carboxylic acid groups (broad SMARTS) is 1. The molecule has 0 aliphatic rings. The van der Waals surface area contributed by atoms with Crippen LogP contribution >= 0.6 is 0 Å². The molecule has 0 aliphatic carbocycles. The standard InChI is InChI=1S/C14H15N3O4/c1-2-21-9-13(18)15-10-4-3-5-11(8-10)17-7-6-12(16-17)14(19)20/h3-8H,2,9H2,1H3,(H,15,18)(H,19,20). The van der Waals surface area contributed by atoms with Crippen LogP contribution < -0.4 is 5.32 Å². The molecule has 2 N–H and O–H groups in total. The Morgan fingerprint density at radius 3 is 2.86 bits per heavy atom. The van der Waals surface area contributed by atoms with Gasteiger partial charge in [0, 0.05) is 18.5 Å². The second kappa shape index (κ2) is 6.67. The van der Waals surface area contributed by atoms with E-state index < -0.39 is 5.97 Å². The first-order valence-electron chi connectivity index (χ1n) is 6.37. The van der Waals surface area contributed by atoms with Gasteiger partial charge in [-0.15, -0.1) is 0 Å². The van der Waals surface area contributed by atoms with Crippen molar-refractivity contribution >= 4 is 17.6 Å². The fraction of sp³-hybridized carbons (Fsp3) is 0.214. The highest BCUT2D eigenvalue weighted by Crippen LogP contribution is 2.14. The van der Waals surface area contributed by atoms with Gasteiger partial charge in [-0.25, -0.2) is 9.48 Å². The van der Waals surface area contributed by atoms with E-state index in [2.05, 4.69) is 10.4 Å². The van der Waals surface area contributed by atoms with E-state index in [0.29, 0.717) is 18.0 Å². The molecule has 0 fully saturated rings. The Labute approximate surface area is 121 Å². The number of anilines is 1. The van der Waals surface area contributed by atoms with Gasteiger partial charge in [0.05, 0.1) is 5.69 Å². The summed E-state index contributed by atoms with van der Waals surface area (Å²) in [5, 5.41) is 15.5. The average molecular weight is 289 g/mol. The summed E-state index contributed by atoms with van der Waals surface area (Å²) >= 11 is 0. The van der Waals surface area contributed by atoms with Gasteiger partial charge in [0.15, 0.2) is 5.69 Å². The predicted molar refractivity (Wildman–Crippen MR) is 75.6 cm³/mol. The molecule has 0 radical (unpaired) electrons. The molecule has 0 spiro atoms. The van der Waals surface area contributed by atoms with Gasteiger partial charge in [0.1, 0.15) is 6.61 Å². The SMILES string of the molecule is CCOCC(=O)Nc1cccc(-n2ccc(C(=O)O)n2)c1. The molecule has 110 valence electrons. The number of ether oxygens (including phenoxy) is 1. The molecule has 0 unspecified atom stereocenters. The van der Waals surface area contributed by atoms with E-state index >= 15 is 0 Å². The van der Waals surface area contributed by atoms with E-state index in [1.54, 1.807) is 30.5 Å². The van der Waals surface area contributed by atoms with E-state index in [1.807, 2.05) is 6.92 Å². The molecule has 2 rings (SSSR count). The highest BCUT2D eigenvalue weighted by atomic mass is 16.5. The Balaban J connectivity index is 2.13. The molecular weight excluding hydrogens is 274 g/mol. The summed E-state index contributed by atoms with van der Waals surface area (Å²) in [7, 11) is 0. The molecule has 1 amide bonds. The van der Waals surface area contributed by atoms with E-state index in [4.69, 9.17) is 9.84 Å². The molecule has 1 aromatic heterocycles.